The zero-order valence-electron chi connectivity index (χ0n) is 15.7. The van der Waals surface area contributed by atoms with Crippen molar-refractivity contribution >= 4 is 34.7 Å². The number of hydrogen-bond acceptors (Lipinski definition) is 4. The lowest BCUT2D eigenvalue weighted by Gasteiger charge is -2.09. The number of halogens is 1. The van der Waals surface area contributed by atoms with Gasteiger partial charge in [0.2, 0.25) is 0 Å². The second-order valence-electron chi connectivity index (χ2n) is 6.41. The molecule has 0 bridgehead atoms. The second kappa shape index (κ2) is 8.52. The first-order valence-corrected chi connectivity index (χ1v) is 11.4. The molecule has 0 amide bonds. The molecule has 142 valence electrons. The first kappa shape index (κ1) is 19.2. The van der Waals surface area contributed by atoms with Crippen LogP contribution in [0.1, 0.15) is 17.4 Å². The van der Waals surface area contributed by atoms with E-state index < -0.39 is 0 Å². The highest BCUT2D eigenvalue weighted by Gasteiger charge is 2.19. The van der Waals surface area contributed by atoms with Crippen molar-refractivity contribution < 1.29 is 0 Å². The monoisotopic (exact) mass is 425 g/mol. The van der Waals surface area contributed by atoms with Crippen molar-refractivity contribution in [3.8, 4) is 22.5 Å². The van der Waals surface area contributed by atoms with Crippen LogP contribution in [-0.4, -0.2) is 14.8 Å². The number of aromatic nitrogens is 3. The van der Waals surface area contributed by atoms with Crippen molar-refractivity contribution in [2.24, 2.45) is 0 Å². The molecule has 0 N–H and O–H groups in total. The summed E-state index contributed by atoms with van der Waals surface area (Å²) in [6.45, 7) is 5.13. The summed E-state index contributed by atoms with van der Waals surface area (Å²) in [6.07, 6.45) is 0. The Bertz CT molecular complexity index is 1070. The number of thioether (sulfide) groups is 1. The number of nitrogens with zero attached hydrogens (tertiary/aromatic N) is 3. The van der Waals surface area contributed by atoms with E-state index in [0.29, 0.717) is 0 Å². The lowest BCUT2D eigenvalue weighted by Crippen LogP contribution is -2.00. The topological polar surface area (TPSA) is 30.7 Å². The van der Waals surface area contributed by atoms with Gasteiger partial charge in [-0.15, -0.1) is 21.5 Å². The molecular weight excluding hydrogens is 406 g/mol. The van der Waals surface area contributed by atoms with Gasteiger partial charge in [-0.2, -0.15) is 0 Å². The summed E-state index contributed by atoms with van der Waals surface area (Å²) in [4.78, 5) is 1.29. The van der Waals surface area contributed by atoms with Gasteiger partial charge in [0.05, 0.1) is 0 Å². The molecule has 6 heteroatoms. The van der Waals surface area contributed by atoms with Gasteiger partial charge in [-0.3, -0.25) is 0 Å². The van der Waals surface area contributed by atoms with E-state index in [2.05, 4.69) is 70.4 Å². The van der Waals surface area contributed by atoms with E-state index in [1.54, 1.807) is 23.1 Å². The van der Waals surface area contributed by atoms with Crippen LogP contribution in [0, 0.1) is 6.92 Å². The number of aryl methyl sites for hydroxylation is 1. The number of benzene rings is 2. The minimum atomic E-state index is 0.758. The van der Waals surface area contributed by atoms with Crippen molar-refractivity contribution in [1.29, 1.82) is 0 Å². The van der Waals surface area contributed by atoms with Gasteiger partial charge in [-0.05, 0) is 37.1 Å². The Morgan fingerprint density at radius 3 is 2.50 bits per heavy atom. The van der Waals surface area contributed by atoms with Crippen LogP contribution in [0.5, 0.6) is 0 Å². The molecule has 2 aromatic carbocycles. The molecule has 0 aliphatic heterocycles. The first-order chi connectivity index (χ1) is 13.7. The van der Waals surface area contributed by atoms with Crippen LogP contribution >= 0.6 is 34.7 Å². The zero-order chi connectivity index (χ0) is 19.5. The molecule has 4 aromatic rings. The molecule has 0 fully saturated rings. The van der Waals surface area contributed by atoms with E-state index in [0.717, 1.165) is 33.9 Å². The molecule has 2 aromatic heterocycles. The average Bonchev–Trinajstić information content (AvgIpc) is 3.30. The average molecular weight is 426 g/mol. The summed E-state index contributed by atoms with van der Waals surface area (Å²) in [7, 11) is 0. The van der Waals surface area contributed by atoms with Crippen LogP contribution in [0.15, 0.2) is 65.1 Å². The van der Waals surface area contributed by atoms with E-state index in [1.807, 2.05) is 18.2 Å². The third-order valence-corrected chi connectivity index (χ3v) is 6.79. The summed E-state index contributed by atoms with van der Waals surface area (Å²) in [6, 6.07) is 18.5. The van der Waals surface area contributed by atoms with Gasteiger partial charge in [-0.1, -0.05) is 65.8 Å². The van der Waals surface area contributed by atoms with Gasteiger partial charge in [0.1, 0.15) is 0 Å². The molecule has 0 saturated heterocycles. The minimum absolute atomic E-state index is 0.758. The van der Waals surface area contributed by atoms with Gasteiger partial charge in [0.15, 0.2) is 11.0 Å². The normalized spacial score (nSPS) is 11.1. The fraction of sp³-hybridized carbons (Fsp3) is 0.182. The third-order valence-electron chi connectivity index (χ3n) is 4.59. The highest BCUT2D eigenvalue weighted by Crippen LogP contribution is 2.39. The van der Waals surface area contributed by atoms with Crippen LogP contribution in [-0.2, 0) is 12.3 Å². The van der Waals surface area contributed by atoms with Crippen molar-refractivity contribution in [3.63, 3.8) is 0 Å². The predicted octanol–water partition coefficient (Wildman–Crippen LogP) is 6.95. The van der Waals surface area contributed by atoms with Crippen LogP contribution in [0.2, 0.25) is 5.02 Å². The molecule has 2 heterocycles. The maximum atomic E-state index is 5.98. The van der Waals surface area contributed by atoms with E-state index in [4.69, 9.17) is 11.6 Å². The highest BCUT2D eigenvalue weighted by molar-refractivity contribution is 7.98. The molecule has 28 heavy (non-hydrogen) atoms. The van der Waals surface area contributed by atoms with E-state index in [1.165, 1.54) is 21.6 Å². The fourth-order valence-corrected chi connectivity index (χ4v) is 5.14. The Morgan fingerprint density at radius 2 is 1.79 bits per heavy atom. The van der Waals surface area contributed by atoms with Crippen LogP contribution in [0.3, 0.4) is 0 Å². The van der Waals surface area contributed by atoms with Gasteiger partial charge in [0.25, 0.3) is 0 Å². The maximum Gasteiger partial charge on any atom is 0.191 e. The Labute approximate surface area is 178 Å². The van der Waals surface area contributed by atoms with Gasteiger partial charge in [-0.25, -0.2) is 0 Å². The van der Waals surface area contributed by atoms with Crippen LogP contribution in [0.25, 0.3) is 22.5 Å². The van der Waals surface area contributed by atoms with Gasteiger partial charge < -0.3 is 4.57 Å². The van der Waals surface area contributed by atoms with Crippen molar-refractivity contribution in [2.75, 3.05) is 0 Å². The summed E-state index contributed by atoms with van der Waals surface area (Å²) in [5, 5.41) is 12.9. The molecule has 3 nitrogen and oxygen atoms in total. The zero-order valence-corrected chi connectivity index (χ0v) is 18.1. The summed E-state index contributed by atoms with van der Waals surface area (Å²) in [5.74, 6) is 1.77. The Morgan fingerprint density at radius 1 is 1.04 bits per heavy atom. The molecule has 0 aliphatic carbocycles. The Kier molecular flexibility index (Phi) is 5.85. The van der Waals surface area contributed by atoms with E-state index in [9.17, 15) is 0 Å². The molecular formula is C22H20ClN3S2. The van der Waals surface area contributed by atoms with E-state index >= 15 is 0 Å². The van der Waals surface area contributed by atoms with Crippen LogP contribution < -0.4 is 0 Å². The number of rotatable bonds is 6. The Hall–Kier alpha value is -2.08. The predicted molar refractivity (Wildman–Crippen MR) is 120 cm³/mol. The largest absolute Gasteiger partial charge is 0.302 e. The molecule has 0 spiro atoms. The van der Waals surface area contributed by atoms with E-state index in [-0.39, 0.29) is 0 Å². The lowest BCUT2D eigenvalue weighted by molar-refractivity contribution is 0.687. The second-order valence-corrected chi connectivity index (χ2v) is 8.87. The first-order valence-electron chi connectivity index (χ1n) is 9.11. The molecule has 4 rings (SSSR count). The lowest BCUT2D eigenvalue weighted by atomic mass is 10.0. The van der Waals surface area contributed by atoms with Gasteiger partial charge in [0, 0.05) is 38.7 Å². The molecule has 0 saturated carbocycles. The quantitative estimate of drug-likeness (QED) is 0.313. The van der Waals surface area contributed by atoms with Crippen molar-refractivity contribution in [3.05, 3.63) is 75.4 Å². The summed E-state index contributed by atoms with van der Waals surface area (Å²) in [5.41, 5.74) is 4.85. The number of hydrogen-bond donors (Lipinski definition) is 0. The smallest absolute Gasteiger partial charge is 0.191 e. The van der Waals surface area contributed by atoms with Crippen molar-refractivity contribution in [2.45, 2.75) is 31.3 Å². The molecule has 0 radical (unpaired) electrons. The van der Waals surface area contributed by atoms with Crippen molar-refractivity contribution in [1.82, 2.24) is 14.8 Å². The molecule has 0 aliphatic rings. The highest BCUT2D eigenvalue weighted by atomic mass is 35.5. The maximum absolute atomic E-state index is 5.98. The summed E-state index contributed by atoms with van der Waals surface area (Å²) >= 11 is 9.45. The molecule has 0 unspecified atom stereocenters. The van der Waals surface area contributed by atoms with Crippen LogP contribution in [0.4, 0.5) is 0 Å². The SMILES string of the molecule is CCn1c(SCc2ccc(Cl)cc2)nnc1-c1csc(C)c1-c1ccccc1. The fourth-order valence-electron chi connectivity index (χ4n) is 3.19. The number of thiophene rings is 1. The van der Waals surface area contributed by atoms with Gasteiger partial charge >= 0.3 is 0 Å². The molecule has 0 atom stereocenters. The Balaban J connectivity index is 1.66. The third kappa shape index (κ3) is 3.88. The standard InChI is InChI=1S/C22H20ClN3S2/c1-3-26-21(19-14-27-15(2)20(19)17-7-5-4-6-8-17)24-25-22(26)28-13-16-9-11-18(23)12-10-16/h4-12,14H,3,13H2,1-2H3. The minimum Gasteiger partial charge on any atom is -0.302 e. The summed E-state index contributed by atoms with van der Waals surface area (Å²) < 4.78 is 2.20.